The number of ether oxygens (including phenoxy) is 2. The number of carbonyl (C=O) groups excluding carboxylic acids is 3. The number of ketones is 1. The van der Waals surface area contributed by atoms with Gasteiger partial charge in [-0.25, -0.2) is 4.79 Å². The van der Waals surface area contributed by atoms with Crippen LogP contribution in [0.5, 0.6) is 0 Å². The first-order valence-electron chi connectivity index (χ1n) is 15.5. The number of rotatable bonds is 3. The Balaban J connectivity index is 1.58. The van der Waals surface area contributed by atoms with E-state index in [1.54, 1.807) is 26.8 Å². The summed E-state index contributed by atoms with van der Waals surface area (Å²) in [5, 5.41) is 0. The third-order valence-electron chi connectivity index (χ3n) is 12.3. The second-order valence-corrected chi connectivity index (χ2v) is 15.6. The van der Waals surface area contributed by atoms with Gasteiger partial charge >= 0.3 is 6.16 Å². The quantitative estimate of drug-likeness (QED) is 0.352. The third-order valence-corrected chi connectivity index (χ3v) is 12.3. The Kier molecular flexibility index (Phi) is 6.69. The van der Waals surface area contributed by atoms with Crippen molar-refractivity contribution in [2.45, 2.75) is 119 Å². The maximum atomic E-state index is 13.5. The van der Waals surface area contributed by atoms with Gasteiger partial charge in [0.05, 0.1) is 0 Å². The lowest BCUT2D eigenvalue weighted by Crippen LogP contribution is -2.63. The van der Waals surface area contributed by atoms with Crippen LogP contribution in [0, 0.1) is 33.0 Å². The molecule has 0 aromatic carbocycles. The lowest BCUT2D eigenvalue weighted by Gasteiger charge is -2.71. The molecule has 0 aliphatic heterocycles. The van der Waals surface area contributed by atoms with Crippen LogP contribution in [0.2, 0.25) is 0 Å². The van der Waals surface area contributed by atoms with Gasteiger partial charge < -0.3 is 15.2 Å². The summed E-state index contributed by atoms with van der Waals surface area (Å²) in [6.07, 6.45) is 13.2. The fourth-order valence-corrected chi connectivity index (χ4v) is 9.72. The Morgan fingerprint density at radius 1 is 1.00 bits per heavy atom. The Morgan fingerprint density at radius 2 is 1.66 bits per heavy atom. The molecule has 6 atom stereocenters. The van der Waals surface area contributed by atoms with E-state index in [1.807, 2.05) is 6.92 Å². The van der Waals surface area contributed by atoms with Crippen LogP contribution < -0.4 is 5.73 Å². The van der Waals surface area contributed by atoms with E-state index in [4.69, 9.17) is 15.2 Å². The summed E-state index contributed by atoms with van der Waals surface area (Å²) in [6.45, 7) is 18.8. The predicted octanol–water partition coefficient (Wildman–Crippen LogP) is 7.88. The Hall–Kier alpha value is -2.63. The van der Waals surface area contributed by atoms with Crippen molar-refractivity contribution in [2.24, 2.45) is 38.7 Å². The number of nitrogens with two attached hydrogens (primary N) is 1. The average molecular weight is 564 g/mol. The number of hydrogen-bond acceptors (Lipinski definition) is 5. The van der Waals surface area contributed by atoms with Gasteiger partial charge in [-0.2, -0.15) is 0 Å². The number of amides is 1. The Bertz CT molecular complexity index is 1340. The van der Waals surface area contributed by atoms with Crippen molar-refractivity contribution in [2.75, 3.05) is 0 Å². The van der Waals surface area contributed by atoms with E-state index in [1.165, 1.54) is 5.57 Å². The first-order valence-corrected chi connectivity index (χ1v) is 15.5. The topological polar surface area (TPSA) is 95.7 Å². The minimum atomic E-state index is -0.866. The monoisotopic (exact) mass is 563 g/mol. The second kappa shape index (κ2) is 9.18. The van der Waals surface area contributed by atoms with Gasteiger partial charge in [0.1, 0.15) is 5.60 Å². The molecular formula is C35H49NO5. The van der Waals surface area contributed by atoms with Crippen molar-refractivity contribution in [3.8, 4) is 0 Å². The smallest absolute Gasteiger partial charge is 0.428 e. The van der Waals surface area contributed by atoms with Crippen LogP contribution >= 0.6 is 0 Å². The van der Waals surface area contributed by atoms with E-state index in [0.717, 1.165) is 62.5 Å². The van der Waals surface area contributed by atoms with Crippen LogP contribution in [-0.2, 0) is 19.1 Å². The molecule has 0 spiro atoms. The number of allylic oxidation sites excluding steroid dienone is 7. The minimum absolute atomic E-state index is 0.0426. The molecule has 1 amide bonds. The largest absolute Gasteiger partial charge is 0.514 e. The number of hydrogen-bond donors (Lipinski definition) is 1. The van der Waals surface area contributed by atoms with Crippen LogP contribution in [0.3, 0.4) is 0 Å². The molecule has 3 saturated carbocycles. The van der Waals surface area contributed by atoms with Crippen molar-refractivity contribution >= 4 is 17.8 Å². The Morgan fingerprint density at radius 3 is 2.27 bits per heavy atom. The van der Waals surface area contributed by atoms with Gasteiger partial charge in [0.25, 0.3) is 0 Å². The molecule has 0 unspecified atom stereocenters. The summed E-state index contributed by atoms with van der Waals surface area (Å²) in [5.74, 6) is -0.0128. The normalized spacial score (nSPS) is 40.2. The highest BCUT2D eigenvalue weighted by Crippen LogP contribution is 2.76. The highest BCUT2D eigenvalue weighted by Gasteiger charge is 2.68. The summed E-state index contributed by atoms with van der Waals surface area (Å²) in [4.78, 5) is 38.6. The van der Waals surface area contributed by atoms with E-state index in [0.29, 0.717) is 11.5 Å². The molecule has 224 valence electrons. The standard InChI is InChI=1S/C35H49NO5/c1-10-35-18-16-33(8)23-19-24(37)27(40-29(39)41-30(3,4)5)21(2)22(23)11-12-25(33)34(35,9)17-15-31(6)13-14-32(7,28(36)38)20-26(31)35/h11-12,19,26H,10,13-18,20H2,1-9H3,(H2,36,38)/t26-,31-,32-,33+,34-,35+/m1/s1. The van der Waals surface area contributed by atoms with Gasteiger partial charge in [0, 0.05) is 16.4 Å². The van der Waals surface area contributed by atoms with Gasteiger partial charge in [-0.15, -0.1) is 0 Å². The number of primary amides is 1. The van der Waals surface area contributed by atoms with E-state index >= 15 is 0 Å². The van der Waals surface area contributed by atoms with Crippen molar-refractivity contribution in [1.29, 1.82) is 0 Å². The van der Waals surface area contributed by atoms with Gasteiger partial charge in [-0.05, 0) is 118 Å². The molecule has 5 aliphatic carbocycles. The van der Waals surface area contributed by atoms with E-state index < -0.39 is 17.2 Å². The fraction of sp³-hybridized carbons (Fsp3) is 0.686. The summed E-state index contributed by atoms with van der Waals surface area (Å²) >= 11 is 0. The van der Waals surface area contributed by atoms with E-state index in [9.17, 15) is 14.4 Å². The molecule has 0 aromatic heterocycles. The molecule has 2 N–H and O–H groups in total. The fourth-order valence-electron chi connectivity index (χ4n) is 9.72. The van der Waals surface area contributed by atoms with Crippen LogP contribution in [0.1, 0.15) is 114 Å². The highest BCUT2D eigenvalue weighted by molar-refractivity contribution is 6.08. The molecule has 3 fully saturated rings. The average Bonchev–Trinajstić information content (AvgIpc) is 2.87. The van der Waals surface area contributed by atoms with Gasteiger partial charge in [-0.3, -0.25) is 9.59 Å². The van der Waals surface area contributed by atoms with Crippen LogP contribution in [0.4, 0.5) is 4.79 Å². The predicted molar refractivity (Wildman–Crippen MR) is 159 cm³/mol. The van der Waals surface area contributed by atoms with Gasteiger partial charge in [-0.1, -0.05) is 52.3 Å². The molecule has 0 aromatic rings. The van der Waals surface area contributed by atoms with Crippen molar-refractivity contribution in [3.05, 3.63) is 46.3 Å². The summed E-state index contributed by atoms with van der Waals surface area (Å²) in [5.41, 5.74) is 8.75. The molecule has 5 aliphatic rings. The summed E-state index contributed by atoms with van der Waals surface area (Å²) in [6, 6.07) is 0. The third kappa shape index (κ3) is 4.21. The molecule has 6 heteroatoms. The molecular weight excluding hydrogens is 514 g/mol. The van der Waals surface area contributed by atoms with Crippen molar-refractivity contribution in [1.82, 2.24) is 0 Å². The molecule has 5 rings (SSSR count). The Labute approximate surface area is 245 Å². The number of carbonyl (C=O) groups is 3. The zero-order valence-electron chi connectivity index (χ0n) is 26.6. The number of fused-ring (bicyclic) bond motifs is 7. The lowest BCUT2D eigenvalue weighted by atomic mass is 9.33. The molecule has 0 saturated heterocycles. The van der Waals surface area contributed by atoms with E-state index in [2.05, 4.69) is 46.8 Å². The van der Waals surface area contributed by atoms with Crippen LogP contribution in [0.15, 0.2) is 46.3 Å². The first-order chi connectivity index (χ1) is 18.9. The SMILES string of the molecule is CC[C@@]12CC[C@@]3(C)C4=CC(=O)C(OC(=O)OC(C)(C)C)=C(C)C4=CC=C3[C@@]1(C)CC[C@@]1(C)CC[C@@](C)(C(N)=O)C[C@H]12. The van der Waals surface area contributed by atoms with Crippen LogP contribution in [-0.4, -0.2) is 23.4 Å². The van der Waals surface area contributed by atoms with E-state index in [-0.39, 0.29) is 39.1 Å². The van der Waals surface area contributed by atoms with Crippen molar-refractivity contribution in [3.63, 3.8) is 0 Å². The van der Waals surface area contributed by atoms with Gasteiger partial charge in [0.15, 0.2) is 5.76 Å². The second-order valence-electron chi connectivity index (χ2n) is 15.6. The molecule has 0 radical (unpaired) electrons. The highest BCUT2D eigenvalue weighted by atomic mass is 16.7. The first kappa shape index (κ1) is 29.8. The molecule has 41 heavy (non-hydrogen) atoms. The molecule has 6 nitrogen and oxygen atoms in total. The maximum Gasteiger partial charge on any atom is 0.514 e. The lowest BCUT2D eigenvalue weighted by molar-refractivity contribution is -0.176. The summed E-state index contributed by atoms with van der Waals surface area (Å²) < 4.78 is 10.8. The molecule has 0 heterocycles. The molecule has 0 bridgehead atoms. The zero-order chi connectivity index (χ0) is 30.4. The van der Waals surface area contributed by atoms with Crippen LogP contribution in [0.25, 0.3) is 0 Å². The van der Waals surface area contributed by atoms with Crippen molar-refractivity contribution < 1.29 is 23.9 Å². The van der Waals surface area contributed by atoms with Gasteiger partial charge in [0.2, 0.25) is 11.7 Å². The maximum absolute atomic E-state index is 13.5. The zero-order valence-corrected chi connectivity index (χ0v) is 26.6. The summed E-state index contributed by atoms with van der Waals surface area (Å²) in [7, 11) is 0. The minimum Gasteiger partial charge on any atom is -0.428 e.